The molecule has 1 aromatic rings. The molecule has 1 aliphatic heterocycles. The lowest BCUT2D eigenvalue weighted by Gasteiger charge is -2.20. The Morgan fingerprint density at radius 3 is 2.70 bits per heavy atom. The molecule has 1 aromatic heterocycles. The first-order valence-electron chi connectivity index (χ1n) is 6.62. The number of aryl methyl sites for hydroxylation is 1. The van der Waals surface area contributed by atoms with Crippen molar-refractivity contribution in [2.45, 2.75) is 26.9 Å². The van der Waals surface area contributed by atoms with Gasteiger partial charge in [-0.25, -0.2) is 0 Å². The number of carbonyl (C=O) groups excluding carboxylic acids is 1. The first-order chi connectivity index (χ1) is 9.45. The molecule has 0 unspecified atom stereocenters. The standard InChI is InChI=1S/C13H20N4O2S/c1-9(2)6-12(19)16-4-5-17(8-11(18)7-16)13-15-14-10(3)20-13/h6,11,18H,4-5,7-8H2,1-3H3/t11-/m0/s1. The molecule has 0 spiro atoms. The van der Waals surface area contributed by atoms with Crippen molar-refractivity contribution in [2.75, 3.05) is 31.1 Å². The second-order valence-electron chi connectivity index (χ2n) is 5.21. The van der Waals surface area contributed by atoms with E-state index in [-0.39, 0.29) is 5.91 Å². The van der Waals surface area contributed by atoms with Crippen molar-refractivity contribution < 1.29 is 9.90 Å². The molecule has 20 heavy (non-hydrogen) atoms. The van der Waals surface area contributed by atoms with Crippen LogP contribution in [0, 0.1) is 6.92 Å². The minimum absolute atomic E-state index is 0.0423. The average molecular weight is 296 g/mol. The van der Waals surface area contributed by atoms with Gasteiger partial charge in [-0.3, -0.25) is 4.79 Å². The van der Waals surface area contributed by atoms with Crippen molar-refractivity contribution in [3.8, 4) is 0 Å². The molecule has 1 fully saturated rings. The number of rotatable bonds is 2. The third-order valence-electron chi connectivity index (χ3n) is 3.01. The van der Waals surface area contributed by atoms with E-state index in [1.807, 2.05) is 25.7 Å². The van der Waals surface area contributed by atoms with E-state index in [0.29, 0.717) is 26.2 Å². The molecule has 0 aliphatic carbocycles. The molecule has 1 N–H and O–H groups in total. The largest absolute Gasteiger partial charge is 0.389 e. The highest BCUT2D eigenvalue weighted by Crippen LogP contribution is 2.21. The van der Waals surface area contributed by atoms with Crippen molar-refractivity contribution in [1.82, 2.24) is 15.1 Å². The van der Waals surface area contributed by atoms with Crippen LogP contribution < -0.4 is 4.90 Å². The molecule has 2 rings (SSSR count). The smallest absolute Gasteiger partial charge is 0.246 e. The third-order valence-corrected chi connectivity index (χ3v) is 3.91. The maximum atomic E-state index is 12.0. The number of aliphatic hydroxyl groups is 1. The second kappa shape index (κ2) is 6.32. The molecule has 1 amide bonds. The molecule has 0 bridgehead atoms. The fraction of sp³-hybridized carbons (Fsp3) is 0.615. The summed E-state index contributed by atoms with van der Waals surface area (Å²) in [5.41, 5.74) is 0.963. The molecule has 0 aromatic carbocycles. The zero-order valence-corrected chi connectivity index (χ0v) is 12.9. The van der Waals surface area contributed by atoms with Crippen LogP contribution in [0.5, 0.6) is 0 Å². The quantitative estimate of drug-likeness (QED) is 0.818. The third kappa shape index (κ3) is 3.77. The molecule has 1 aliphatic rings. The normalized spacial score (nSPS) is 19.7. The van der Waals surface area contributed by atoms with Gasteiger partial charge in [0, 0.05) is 32.3 Å². The Morgan fingerprint density at radius 1 is 1.35 bits per heavy atom. The SMILES string of the molecule is CC(C)=CC(=O)N1CCN(c2nnc(C)s2)C[C@@H](O)C1. The van der Waals surface area contributed by atoms with Gasteiger partial charge in [0.25, 0.3) is 0 Å². The highest BCUT2D eigenvalue weighted by Gasteiger charge is 2.25. The molecular weight excluding hydrogens is 276 g/mol. The number of aromatic nitrogens is 2. The predicted octanol–water partition coefficient (Wildman–Crippen LogP) is 0.822. The summed E-state index contributed by atoms with van der Waals surface area (Å²) >= 11 is 1.50. The lowest BCUT2D eigenvalue weighted by atomic mass is 10.3. The minimum Gasteiger partial charge on any atom is -0.389 e. The van der Waals surface area contributed by atoms with Crippen molar-refractivity contribution in [2.24, 2.45) is 0 Å². The summed E-state index contributed by atoms with van der Waals surface area (Å²) in [6.45, 7) is 7.77. The summed E-state index contributed by atoms with van der Waals surface area (Å²) in [6.07, 6.45) is 1.04. The number of nitrogens with zero attached hydrogens (tertiary/aromatic N) is 4. The van der Waals surface area contributed by atoms with E-state index in [9.17, 15) is 9.90 Å². The number of allylic oxidation sites excluding steroid dienone is 1. The zero-order chi connectivity index (χ0) is 14.7. The van der Waals surface area contributed by atoms with E-state index in [1.54, 1.807) is 11.0 Å². The summed E-state index contributed by atoms with van der Waals surface area (Å²) in [5, 5.41) is 19.9. The van der Waals surface area contributed by atoms with Crippen LogP contribution in [0.4, 0.5) is 5.13 Å². The summed E-state index contributed by atoms with van der Waals surface area (Å²) in [6, 6.07) is 0. The second-order valence-corrected chi connectivity index (χ2v) is 6.37. The van der Waals surface area contributed by atoms with E-state index in [0.717, 1.165) is 15.7 Å². The minimum atomic E-state index is -0.573. The Balaban J connectivity index is 2.07. The highest BCUT2D eigenvalue weighted by molar-refractivity contribution is 7.15. The van der Waals surface area contributed by atoms with Crippen LogP contribution in [0.1, 0.15) is 18.9 Å². The Labute approximate surface area is 122 Å². The molecular formula is C13H20N4O2S. The summed E-state index contributed by atoms with van der Waals surface area (Å²) in [5.74, 6) is -0.0423. The van der Waals surface area contributed by atoms with Gasteiger partial charge in [0.15, 0.2) is 0 Å². The molecule has 7 heteroatoms. The van der Waals surface area contributed by atoms with Crippen molar-refractivity contribution in [3.63, 3.8) is 0 Å². The number of anilines is 1. The lowest BCUT2D eigenvalue weighted by molar-refractivity contribution is -0.126. The van der Waals surface area contributed by atoms with Gasteiger partial charge in [0.05, 0.1) is 6.10 Å². The van der Waals surface area contributed by atoms with Crippen LogP contribution in [0.15, 0.2) is 11.6 Å². The Bertz CT molecular complexity index is 510. The summed E-state index contributed by atoms with van der Waals surface area (Å²) < 4.78 is 0. The van der Waals surface area contributed by atoms with Gasteiger partial charge < -0.3 is 14.9 Å². The number of carbonyl (C=O) groups is 1. The number of amides is 1. The first kappa shape index (κ1) is 14.9. The molecule has 1 atom stereocenters. The molecule has 110 valence electrons. The van der Waals surface area contributed by atoms with E-state index in [4.69, 9.17) is 0 Å². The van der Waals surface area contributed by atoms with Gasteiger partial charge in [-0.2, -0.15) is 0 Å². The number of hydrogen-bond acceptors (Lipinski definition) is 6. The Hall–Kier alpha value is -1.47. The van der Waals surface area contributed by atoms with Gasteiger partial charge in [-0.15, -0.1) is 10.2 Å². The summed E-state index contributed by atoms with van der Waals surface area (Å²) in [4.78, 5) is 15.7. The first-order valence-corrected chi connectivity index (χ1v) is 7.44. The maximum Gasteiger partial charge on any atom is 0.246 e. The predicted molar refractivity (Wildman–Crippen MR) is 78.9 cm³/mol. The van der Waals surface area contributed by atoms with Crippen molar-refractivity contribution in [3.05, 3.63) is 16.7 Å². The zero-order valence-electron chi connectivity index (χ0n) is 12.0. The monoisotopic (exact) mass is 296 g/mol. The van der Waals surface area contributed by atoms with Gasteiger partial charge in [-0.1, -0.05) is 16.9 Å². The Morgan fingerprint density at radius 2 is 2.10 bits per heavy atom. The topological polar surface area (TPSA) is 69.6 Å². The average Bonchev–Trinajstić information content (AvgIpc) is 2.67. The van der Waals surface area contributed by atoms with E-state index in [1.165, 1.54) is 11.3 Å². The van der Waals surface area contributed by atoms with Gasteiger partial charge in [0.1, 0.15) is 5.01 Å². The van der Waals surface area contributed by atoms with Crippen LogP contribution in [0.3, 0.4) is 0 Å². The molecule has 1 saturated heterocycles. The highest BCUT2D eigenvalue weighted by atomic mass is 32.1. The van der Waals surface area contributed by atoms with Crippen LogP contribution in [0.25, 0.3) is 0 Å². The van der Waals surface area contributed by atoms with Crippen molar-refractivity contribution >= 4 is 22.4 Å². The number of β-amino-alcohol motifs (C(OH)–C–C–N with tert-alkyl or cyclic N) is 1. The van der Waals surface area contributed by atoms with E-state index >= 15 is 0 Å². The van der Waals surface area contributed by atoms with E-state index < -0.39 is 6.10 Å². The molecule has 0 saturated carbocycles. The molecule has 6 nitrogen and oxygen atoms in total. The Kier molecular flexibility index (Phi) is 4.72. The van der Waals surface area contributed by atoms with Crippen molar-refractivity contribution in [1.29, 1.82) is 0 Å². The number of hydrogen-bond donors (Lipinski definition) is 1. The van der Waals surface area contributed by atoms with Crippen LogP contribution >= 0.6 is 11.3 Å². The molecule has 0 radical (unpaired) electrons. The van der Waals surface area contributed by atoms with Gasteiger partial charge >= 0.3 is 0 Å². The maximum absolute atomic E-state index is 12.0. The van der Waals surface area contributed by atoms with Crippen LogP contribution in [-0.4, -0.2) is 58.4 Å². The number of aliphatic hydroxyl groups excluding tert-OH is 1. The lowest BCUT2D eigenvalue weighted by Crippen LogP contribution is -2.36. The fourth-order valence-electron chi connectivity index (χ4n) is 2.12. The van der Waals surface area contributed by atoms with E-state index in [2.05, 4.69) is 10.2 Å². The fourth-order valence-corrected chi connectivity index (χ4v) is 2.84. The van der Waals surface area contributed by atoms with Gasteiger partial charge in [0.2, 0.25) is 11.0 Å². The van der Waals surface area contributed by atoms with Crippen LogP contribution in [0.2, 0.25) is 0 Å². The van der Waals surface area contributed by atoms with Crippen LogP contribution in [-0.2, 0) is 4.79 Å². The molecule has 2 heterocycles. The van der Waals surface area contributed by atoms with Gasteiger partial charge in [-0.05, 0) is 20.8 Å². The summed E-state index contributed by atoms with van der Waals surface area (Å²) in [7, 11) is 0.